The van der Waals surface area contributed by atoms with E-state index in [1.54, 1.807) is 4.90 Å². The van der Waals surface area contributed by atoms with Crippen LogP contribution in [-0.4, -0.2) is 36.2 Å². The molecule has 0 aromatic heterocycles. The van der Waals surface area contributed by atoms with E-state index in [4.69, 9.17) is 10.5 Å². The van der Waals surface area contributed by atoms with Crippen molar-refractivity contribution in [1.82, 2.24) is 4.90 Å². The highest BCUT2D eigenvalue weighted by molar-refractivity contribution is 5.71. The number of anilines is 2. The molecule has 5 heteroatoms. The number of nitrogens with two attached hydrogens (primary N) is 1. The van der Waals surface area contributed by atoms with Gasteiger partial charge in [0.1, 0.15) is 5.60 Å². The maximum Gasteiger partial charge on any atom is 0.410 e. The molecule has 0 saturated carbocycles. The largest absolute Gasteiger partial charge is 0.444 e. The van der Waals surface area contributed by atoms with Crippen molar-refractivity contribution < 1.29 is 9.53 Å². The van der Waals surface area contributed by atoms with E-state index in [2.05, 4.69) is 11.0 Å². The summed E-state index contributed by atoms with van der Waals surface area (Å²) < 4.78 is 5.50. The lowest BCUT2D eigenvalue weighted by Crippen LogP contribution is -2.40. The molecule has 1 fully saturated rings. The minimum absolute atomic E-state index is 0.242. The molecule has 1 aromatic rings. The molecule has 0 unspecified atom stereocenters. The van der Waals surface area contributed by atoms with Gasteiger partial charge in [-0.05, 0) is 63.3 Å². The number of benzene rings is 1. The fraction of sp³-hybridized carbons (Fsp3) is 0.611. The van der Waals surface area contributed by atoms with Crippen LogP contribution in [0.15, 0.2) is 12.1 Å². The fourth-order valence-electron chi connectivity index (χ4n) is 3.42. The molecule has 5 nitrogen and oxygen atoms in total. The molecule has 1 aromatic carbocycles. The van der Waals surface area contributed by atoms with Crippen molar-refractivity contribution in [2.75, 3.05) is 30.3 Å². The molecule has 1 saturated heterocycles. The zero-order valence-electron chi connectivity index (χ0n) is 14.4. The van der Waals surface area contributed by atoms with Crippen molar-refractivity contribution in [3.8, 4) is 0 Å². The van der Waals surface area contributed by atoms with Gasteiger partial charge in [0.25, 0.3) is 0 Å². The first kappa shape index (κ1) is 16.0. The molecule has 2 heterocycles. The Morgan fingerprint density at radius 3 is 2.52 bits per heavy atom. The third-order valence-electron chi connectivity index (χ3n) is 4.43. The summed E-state index contributed by atoms with van der Waals surface area (Å²) >= 11 is 0. The highest BCUT2D eigenvalue weighted by Gasteiger charge is 2.28. The SMILES string of the molecule is CC(C)(C)OC(=O)N1CCc2c(cc(N)cc2N2CCCC2)C1. The summed E-state index contributed by atoms with van der Waals surface area (Å²) in [6.07, 6.45) is 3.11. The van der Waals surface area contributed by atoms with Gasteiger partial charge in [-0.15, -0.1) is 0 Å². The Bertz CT molecular complexity index is 601. The van der Waals surface area contributed by atoms with Crippen LogP contribution in [0.5, 0.6) is 0 Å². The number of ether oxygens (including phenoxy) is 1. The monoisotopic (exact) mass is 317 g/mol. The number of nitrogens with zero attached hydrogens (tertiary/aromatic N) is 2. The minimum Gasteiger partial charge on any atom is -0.444 e. The van der Waals surface area contributed by atoms with Gasteiger partial charge in [0.15, 0.2) is 0 Å². The summed E-state index contributed by atoms with van der Waals surface area (Å²) in [5.74, 6) is 0. The van der Waals surface area contributed by atoms with E-state index >= 15 is 0 Å². The molecule has 0 aliphatic carbocycles. The van der Waals surface area contributed by atoms with Crippen LogP contribution in [0.2, 0.25) is 0 Å². The van der Waals surface area contributed by atoms with Gasteiger partial charge in [0.05, 0.1) is 0 Å². The van der Waals surface area contributed by atoms with E-state index in [9.17, 15) is 4.79 Å². The van der Waals surface area contributed by atoms with Crippen LogP contribution in [-0.2, 0) is 17.7 Å². The van der Waals surface area contributed by atoms with Crippen LogP contribution in [0, 0.1) is 0 Å². The van der Waals surface area contributed by atoms with Crippen LogP contribution in [0.25, 0.3) is 0 Å². The van der Waals surface area contributed by atoms with Gasteiger partial charge >= 0.3 is 6.09 Å². The molecule has 0 atom stereocenters. The van der Waals surface area contributed by atoms with Gasteiger partial charge in [0.2, 0.25) is 0 Å². The van der Waals surface area contributed by atoms with Crippen LogP contribution >= 0.6 is 0 Å². The van der Waals surface area contributed by atoms with Crippen LogP contribution in [0.4, 0.5) is 16.2 Å². The van der Waals surface area contributed by atoms with Crippen molar-refractivity contribution in [3.05, 3.63) is 23.3 Å². The Morgan fingerprint density at radius 2 is 1.87 bits per heavy atom. The van der Waals surface area contributed by atoms with E-state index in [1.165, 1.54) is 24.1 Å². The Kier molecular flexibility index (Phi) is 4.13. The van der Waals surface area contributed by atoms with Crippen LogP contribution in [0.1, 0.15) is 44.7 Å². The Morgan fingerprint density at radius 1 is 1.17 bits per heavy atom. The molecule has 0 radical (unpaired) electrons. The fourth-order valence-corrected chi connectivity index (χ4v) is 3.42. The zero-order chi connectivity index (χ0) is 16.6. The molecule has 23 heavy (non-hydrogen) atoms. The summed E-state index contributed by atoms with van der Waals surface area (Å²) in [5.41, 5.74) is 10.2. The van der Waals surface area contributed by atoms with Crippen molar-refractivity contribution in [2.24, 2.45) is 0 Å². The maximum atomic E-state index is 12.3. The third-order valence-corrected chi connectivity index (χ3v) is 4.43. The number of hydrogen-bond acceptors (Lipinski definition) is 4. The van der Waals surface area contributed by atoms with E-state index < -0.39 is 5.60 Å². The standard InChI is InChI=1S/C18H27N3O2/c1-18(2,3)23-17(22)21-9-6-15-13(12-21)10-14(19)11-16(15)20-7-4-5-8-20/h10-11H,4-9,12,19H2,1-3H3. The van der Waals surface area contributed by atoms with E-state index in [0.29, 0.717) is 13.1 Å². The summed E-state index contributed by atoms with van der Waals surface area (Å²) in [6, 6.07) is 4.10. The molecule has 0 spiro atoms. The van der Waals surface area contributed by atoms with Gasteiger partial charge in [-0.1, -0.05) is 0 Å². The number of nitrogen functional groups attached to an aromatic ring is 1. The van der Waals surface area contributed by atoms with E-state index in [-0.39, 0.29) is 6.09 Å². The summed E-state index contributed by atoms with van der Waals surface area (Å²) in [4.78, 5) is 16.5. The lowest BCUT2D eigenvalue weighted by molar-refractivity contribution is 0.0224. The van der Waals surface area contributed by atoms with Gasteiger partial charge in [0, 0.05) is 37.6 Å². The van der Waals surface area contributed by atoms with Gasteiger partial charge in [-0.2, -0.15) is 0 Å². The quantitative estimate of drug-likeness (QED) is 0.808. The molecule has 3 rings (SSSR count). The molecular formula is C18H27N3O2. The zero-order valence-corrected chi connectivity index (χ0v) is 14.4. The Hall–Kier alpha value is -1.91. The lowest BCUT2D eigenvalue weighted by Gasteiger charge is -2.33. The van der Waals surface area contributed by atoms with Crippen LogP contribution < -0.4 is 10.6 Å². The van der Waals surface area contributed by atoms with Crippen molar-refractivity contribution >= 4 is 17.5 Å². The first-order chi connectivity index (χ1) is 10.8. The first-order valence-electron chi connectivity index (χ1n) is 8.47. The molecule has 1 amide bonds. The van der Waals surface area contributed by atoms with Gasteiger partial charge in [-0.25, -0.2) is 4.79 Å². The van der Waals surface area contributed by atoms with Crippen molar-refractivity contribution in [3.63, 3.8) is 0 Å². The molecule has 2 aliphatic rings. The predicted octanol–water partition coefficient (Wildman–Crippen LogP) is 3.16. The highest BCUT2D eigenvalue weighted by atomic mass is 16.6. The van der Waals surface area contributed by atoms with E-state index in [0.717, 1.165) is 30.8 Å². The first-order valence-corrected chi connectivity index (χ1v) is 8.47. The highest BCUT2D eigenvalue weighted by Crippen LogP contribution is 2.33. The van der Waals surface area contributed by atoms with E-state index in [1.807, 2.05) is 26.8 Å². The second-order valence-electron chi connectivity index (χ2n) is 7.52. The second kappa shape index (κ2) is 5.95. The van der Waals surface area contributed by atoms with Gasteiger partial charge < -0.3 is 20.3 Å². The third kappa shape index (κ3) is 3.54. The molecular weight excluding hydrogens is 290 g/mol. The van der Waals surface area contributed by atoms with Gasteiger partial charge in [-0.3, -0.25) is 0 Å². The number of carbonyl (C=O) groups excluding carboxylic acids is 1. The number of rotatable bonds is 1. The predicted molar refractivity (Wildman–Crippen MR) is 92.6 cm³/mol. The van der Waals surface area contributed by atoms with Crippen molar-refractivity contribution in [1.29, 1.82) is 0 Å². The summed E-state index contributed by atoms with van der Waals surface area (Å²) in [7, 11) is 0. The molecule has 2 N–H and O–H groups in total. The average molecular weight is 317 g/mol. The second-order valence-corrected chi connectivity index (χ2v) is 7.52. The number of carbonyl (C=O) groups is 1. The average Bonchev–Trinajstić information content (AvgIpc) is 2.97. The molecule has 0 bridgehead atoms. The number of hydrogen-bond donors (Lipinski definition) is 1. The number of amides is 1. The maximum absolute atomic E-state index is 12.3. The lowest BCUT2D eigenvalue weighted by atomic mass is 9.96. The minimum atomic E-state index is -0.464. The topological polar surface area (TPSA) is 58.8 Å². The Balaban J connectivity index is 1.82. The smallest absolute Gasteiger partial charge is 0.410 e. The molecule has 126 valence electrons. The normalized spacial score (nSPS) is 18.0. The van der Waals surface area contributed by atoms with Crippen molar-refractivity contribution in [2.45, 2.75) is 52.2 Å². The summed E-state index contributed by atoms with van der Waals surface area (Å²) in [5, 5.41) is 0. The Labute approximate surface area is 138 Å². The number of fused-ring (bicyclic) bond motifs is 1. The summed E-state index contributed by atoms with van der Waals surface area (Å²) in [6.45, 7) is 9.17. The molecule has 2 aliphatic heterocycles. The van der Waals surface area contributed by atoms with Crippen LogP contribution in [0.3, 0.4) is 0 Å².